The van der Waals surface area contributed by atoms with Gasteiger partial charge in [-0.1, -0.05) is 17.7 Å². The number of primary amides is 1. The monoisotopic (exact) mass is 295 g/mol. The first-order valence-electron chi connectivity index (χ1n) is 7.06. The maximum absolute atomic E-state index is 11.0. The molecule has 1 aliphatic heterocycles. The molecule has 1 fully saturated rings. The first kappa shape index (κ1) is 15.1. The molecule has 20 heavy (non-hydrogen) atoms. The molecular weight excluding hydrogens is 274 g/mol. The fourth-order valence-electron chi connectivity index (χ4n) is 2.78. The Hall–Kier alpha value is -1.26. The third-order valence-corrected chi connectivity index (χ3v) is 4.14. The number of piperidine rings is 1. The average molecular weight is 296 g/mol. The summed E-state index contributed by atoms with van der Waals surface area (Å²) >= 11 is 6.38. The molecule has 1 amide bonds. The van der Waals surface area contributed by atoms with Gasteiger partial charge in [-0.2, -0.15) is 0 Å². The number of hydrogen-bond acceptors (Lipinski definition) is 3. The zero-order chi connectivity index (χ0) is 14.5. The van der Waals surface area contributed by atoms with Gasteiger partial charge < -0.3 is 16.0 Å². The van der Waals surface area contributed by atoms with Gasteiger partial charge in [0.2, 0.25) is 5.91 Å². The van der Waals surface area contributed by atoms with E-state index in [9.17, 15) is 4.79 Å². The SMILES string of the molecule is CNCc1ccc(N2CCC(CC(N)=O)CC2)c(Cl)c1. The van der Waals surface area contributed by atoms with Crippen molar-refractivity contribution in [3.05, 3.63) is 28.8 Å². The molecule has 1 saturated heterocycles. The number of benzene rings is 1. The van der Waals surface area contributed by atoms with Crippen LogP contribution < -0.4 is 16.0 Å². The molecule has 0 spiro atoms. The van der Waals surface area contributed by atoms with E-state index in [0.717, 1.165) is 43.2 Å². The van der Waals surface area contributed by atoms with Gasteiger partial charge in [0.25, 0.3) is 0 Å². The van der Waals surface area contributed by atoms with Gasteiger partial charge in [0, 0.05) is 26.1 Å². The number of halogens is 1. The Kier molecular flexibility index (Phi) is 5.26. The number of carbonyl (C=O) groups excluding carboxylic acids is 1. The molecule has 1 heterocycles. The maximum Gasteiger partial charge on any atom is 0.217 e. The second-order valence-electron chi connectivity index (χ2n) is 5.42. The average Bonchev–Trinajstić information content (AvgIpc) is 2.40. The summed E-state index contributed by atoms with van der Waals surface area (Å²) in [6, 6.07) is 6.21. The Bertz CT molecular complexity index is 470. The Morgan fingerprint density at radius 1 is 1.45 bits per heavy atom. The molecule has 1 aromatic rings. The minimum Gasteiger partial charge on any atom is -0.370 e. The Labute approximate surface area is 125 Å². The lowest BCUT2D eigenvalue weighted by Gasteiger charge is -2.33. The van der Waals surface area contributed by atoms with Gasteiger partial charge in [0.15, 0.2) is 0 Å². The van der Waals surface area contributed by atoms with E-state index in [2.05, 4.69) is 22.3 Å². The van der Waals surface area contributed by atoms with Crippen LogP contribution in [0, 0.1) is 5.92 Å². The molecule has 0 atom stereocenters. The normalized spacial score (nSPS) is 16.4. The Morgan fingerprint density at radius 2 is 2.15 bits per heavy atom. The highest BCUT2D eigenvalue weighted by Crippen LogP contribution is 2.31. The van der Waals surface area contributed by atoms with Crippen LogP contribution in [0.5, 0.6) is 0 Å². The number of amides is 1. The largest absolute Gasteiger partial charge is 0.370 e. The van der Waals surface area contributed by atoms with Crippen LogP contribution in [-0.4, -0.2) is 26.0 Å². The number of nitrogens with one attached hydrogen (secondary N) is 1. The topological polar surface area (TPSA) is 58.4 Å². The van der Waals surface area contributed by atoms with E-state index in [-0.39, 0.29) is 5.91 Å². The molecule has 5 heteroatoms. The highest BCUT2D eigenvalue weighted by atomic mass is 35.5. The van der Waals surface area contributed by atoms with Gasteiger partial charge in [-0.05, 0) is 43.5 Å². The highest BCUT2D eigenvalue weighted by molar-refractivity contribution is 6.33. The van der Waals surface area contributed by atoms with E-state index >= 15 is 0 Å². The van der Waals surface area contributed by atoms with E-state index in [0.29, 0.717) is 12.3 Å². The molecule has 3 N–H and O–H groups in total. The van der Waals surface area contributed by atoms with Crippen molar-refractivity contribution >= 4 is 23.2 Å². The Balaban J connectivity index is 1.98. The smallest absolute Gasteiger partial charge is 0.217 e. The summed E-state index contributed by atoms with van der Waals surface area (Å²) in [5.41, 5.74) is 7.53. The molecule has 2 rings (SSSR count). The number of hydrogen-bond donors (Lipinski definition) is 2. The van der Waals surface area contributed by atoms with Crippen molar-refractivity contribution in [1.29, 1.82) is 0 Å². The van der Waals surface area contributed by atoms with Crippen molar-refractivity contribution in [3.63, 3.8) is 0 Å². The van der Waals surface area contributed by atoms with Crippen LogP contribution in [-0.2, 0) is 11.3 Å². The first-order chi connectivity index (χ1) is 9.60. The molecular formula is C15H22ClN3O. The van der Waals surface area contributed by atoms with Crippen LogP contribution in [0.25, 0.3) is 0 Å². The molecule has 0 aromatic heterocycles. The van der Waals surface area contributed by atoms with Gasteiger partial charge in [-0.3, -0.25) is 4.79 Å². The minimum atomic E-state index is -0.196. The predicted octanol–water partition coefficient (Wildman–Crippen LogP) is 2.15. The van der Waals surface area contributed by atoms with Crippen molar-refractivity contribution in [3.8, 4) is 0 Å². The molecule has 110 valence electrons. The zero-order valence-electron chi connectivity index (χ0n) is 11.9. The van der Waals surface area contributed by atoms with E-state index < -0.39 is 0 Å². The summed E-state index contributed by atoms with van der Waals surface area (Å²) in [5, 5.41) is 3.92. The van der Waals surface area contributed by atoms with Crippen molar-refractivity contribution in [2.75, 3.05) is 25.0 Å². The molecule has 0 bridgehead atoms. The van der Waals surface area contributed by atoms with Gasteiger partial charge in [0.1, 0.15) is 0 Å². The number of nitrogens with two attached hydrogens (primary N) is 1. The molecule has 0 radical (unpaired) electrons. The van der Waals surface area contributed by atoms with Crippen molar-refractivity contribution in [1.82, 2.24) is 5.32 Å². The van der Waals surface area contributed by atoms with Crippen LogP contribution in [0.4, 0.5) is 5.69 Å². The lowest BCUT2D eigenvalue weighted by atomic mass is 9.93. The summed E-state index contributed by atoms with van der Waals surface area (Å²) in [5.74, 6) is 0.226. The number of rotatable bonds is 5. The summed E-state index contributed by atoms with van der Waals surface area (Å²) < 4.78 is 0. The summed E-state index contributed by atoms with van der Waals surface area (Å²) in [6.07, 6.45) is 2.50. The van der Waals surface area contributed by atoms with E-state index in [1.165, 1.54) is 5.56 Å². The Morgan fingerprint density at radius 3 is 2.70 bits per heavy atom. The molecule has 0 saturated carbocycles. The third kappa shape index (κ3) is 3.87. The number of nitrogens with zero attached hydrogens (tertiary/aromatic N) is 1. The maximum atomic E-state index is 11.0. The molecule has 1 aromatic carbocycles. The van der Waals surface area contributed by atoms with E-state index in [4.69, 9.17) is 17.3 Å². The first-order valence-corrected chi connectivity index (χ1v) is 7.44. The van der Waals surface area contributed by atoms with Crippen LogP contribution in [0.1, 0.15) is 24.8 Å². The van der Waals surface area contributed by atoms with E-state index in [1.807, 2.05) is 13.1 Å². The standard InChI is InChI=1S/C15H22ClN3O/c1-18-10-12-2-3-14(13(16)8-12)19-6-4-11(5-7-19)9-15(17)20/h2-3,8,11,18H,4-7,9-10H2,1H3,(H2,17,20). The molecule has 4 nitrogen and oxygen atoms in total. The van der Waals surface area contributed by atoms with Gasteiger partial charge in [-0.15, -0.1) is 0 Å². The minimum absolute atomic E-state index is 0.196. The van der Waals surface area contributed by atoms with Crippen LogP contribution in [0.3, 0.4) is 0 Å². The third-order valence-electron chi connectivity index (χ3n) is 3.84. The molecule has 1 aliphatic rings. The summed E-state index contributed by atoms with van der Waals surface area (Å²) in [7, 11) is 1.92. The van der Waals surface area contributed by atoms with Gasteiger partial charge >= 0.3 is 0 Å². The second-order valence-corrected chi connectivity index (χ2v) is 5.82. The molecule has 0 unspecified atom stereocenters. The van der Waals surface area contributed by atoms with Crippen molar-refractivity contribution in [2.45, 2.75) is 25.8 Å². The number of anilines is 1. The van der Waals surface area contributed by atoms with Crippen LogP contribution in [0.2, 0.25) is 5.02 Å². The van der Waals surface area contributed by atoms with Crippen LogP contribution in [0.15, 0.2) is 18.2 Å². The summed E-state index contributed by atoms with van der Waals surface area (Å²) in [6.45, 7) is 2.69. The van der Waals surface area contributed by atoms with Gasteiger partial charge in [-0.25, -0.2) is 0 Å². The highest BCUT2D eigenvalue weighted by Gasteiger charge is 2.22. The quantitative estimate of drug-likeness (QED) is 0.875. The van der Waals surface area contributed by atoms with E-state index in [1.54, 1.807) is 0 Å². The van der Waals surface area contributed by atoms with Crippen molar-refractivity contribution < 1.29 is 4.79 Å². The fraction of sp³-hybridized carbons (Fsp3) is 0.533. The second kappa shape index (κ2) is 6.95. The predicted molar refractivity (Wildman–Crippen MR) is 83.0 cm³/mol. The lowest BCUT2D eigenvalue weighted by Crippen LogP contribution is -2.35. The molecule has 0 aliphatic carbocycles. The zero-order valence-corrected chi connectivity index (χ0v) is 12.6. The number of carbonyl (C=O) groups is 1. The van der Waals surface area contributed by atoms with Crippen molar-refractivity contribution in [2.24, 2.45) is 11.7 Å². The fourth-order valence-corrected chi connectivity index (χ4v) is 3.11. The lowest BCUT2D eigenvalue weighted by molar-refractivity contribution is -0.119. The summed E-state index contributed by atoms with van der Waals surface area (Å²) in [4.78, 5) is 13.2. The van der Waals surface area contributed by atoms with Gasteiger partial charge in [0.05, 0.1) is 10.7 Å². The van der Waals surface area contributed by atoms with Crippen LogP contribution >= 0.6 is 11.6 Å².